The van der Waals surface area contributed by atoms with E-state index in [1.807, 2.05) is 45.0 Å². The molecule has 0 fully saturated rings. The molecule has 1 aliphatic rings. The molecule has 0 saturated carbocycles. The molecule has 3 aromatic rings. The molecule has 27 heavy (non-hydrogen) atoms. The molecule has 0 aromatic carbocycles. The van der Waals surface area contributed by atoms with Gasteiger partial charge in [-0.05, 0) is 54.2 Å². The molecule has 0 N–H and O–H groups in total. The molecule has 0 saturated heterocycles. The van der Waals surface area contributed by atoms with Crippen molar-refractivity contribution in [3.63, 3.8) is 0 Å². The van der Waals surface area contributed by atoms with Gasteiger partial charge in [0.1, 0.15) is 0 Å². The standard InChI is InChI=1S/C20H23N5S2/c1-3-10-24-19(15-6-5-9-21-13-15)22-25(20(24)26)14-23-11-7-18-16(8-12-27-18)17(23)4-2/h3,5-6,8-9,12-13,17H,1,4,7,10-11,14H2,2H3/t17-/m1/s1. The summed E-state index contributed by atoms with van der Waals surface area (Å²) in [6, 6.07) is 6.64. The van der Waals surface area contributed by atoms with Gasteiger partial charge in [-0.25, -0.2) is 4.68 Å². The summed E-state index contributed by atoms with van der Waals surface area (Å²) in [5, 5.41) is 7.06. The highest BCUT2D eigenvalue weighted by Crippen LogP contribution is 2.35. The summed E-state index contributed by atoms with van der Waals surface area (Å²) in [5.74, 6) is 0.842. The number of hydrogen-bond acceptors (Lipinski definition) is 5. The van der Waals surface area contributed by atoms with Crippen LogP contribution in [0.2, 0.25) is 0 Å². The van der Waals surface area contributed by atoms with E-state index in [1.54, 1.807) is 6.20 Å². The Balaban J connectivity index is 1.69. The summed E-state index contributed by atoms with van der Waals surface area (Å²) in [4.78, 5) is 8.24. The molecule has 0 bridgehead atoms. The van der Waals surface area contributed by atoms with Crippen molar-refractivity contribution in [3.8, 4) is 11.4 Å². The second-order valence-electron chi connectivity index (χ2n) is 6.67. The summed E-state index contributed by atoms with van der Waals surface area (Å²) >= 11 is 7.63. The van der Waals surface area contributed by atoms with Crippen LogP contribution in [0.4, 0.5) is 0 Å². The van der Waals surface area contributed by atoms with E-state index in [1.165, 1.54) is 10.4 Å². The van der Waals surface area contributed by atoms with Gasteiger partial charge in [0.25, 0.3) is 0 Å². The van der Waals surface area contributed by atoms with Crippen molar-refractivity contribution >= 4 is 23.6 Å². The molecule has 0 spiro atoms. The molecule has 7 heteroatoms. The molecular formula is C20H23N5S2. The fraction of sp³-hybridized carbons (Fsp3) is 0.350. The molecule has 3 aromatic heterocycles. The Hall–Kier alpha value is -2.09. The molecule has 0 unspecified atom stereocenters. The van der Waals surface area contributed by atoms with Crippen LogP contribution in [0.25, 0.3) is 11.4 Å². The second-order valence-corrected chi connectivity index (χ2v) is 8.04. The Bertz CT molecular complexity index is 985. The zero-order valence-corrected chi connectivity index (χ0v) is 17.0. The van der Waals surface area contributed by atoms with Gasteiger partial charge in [0, 0.05) is 42.0 Å². The molecule has 1 atom stereocenters. The van der Waals surface area contributed by atoms with Crippen LogP contribution in [0.3, 0.4) is 0 Å². The molecular weight excluding hydrogens is 374 g/mol. The van der Waals surface area contributed by atoms with E-state index < -0.39 is 0 Å². The lowest BCUT2D eigenvalue weighted by molar-refractivity contribution is 0.129. The lowest BCUT2D eigenvalue weighted by atomic mass is 9.98. The van der Waals surface area contributed by atoms with Crippen LogP contribution in [-0.2, 0) is 19.6 Å². The summed E-state index contributed by atoms with van der Waals surface area (Å²) in [5.41, 5.74) is 2.44. The summed E-state index contributed by atoms with van der Waals surface area (Å²) < 4.78 is 4.70. The lowest BCUT2D eigenvalue weighted by Gasteiger charge is -2.35. The van der Waals surface area contributed by atoms with Gasteiger partial charge in [0.05, 0.1) is 6.67 Å². The van der Waals surface area contributed by atoms with E-state index in [0.717, 1.165) is 35.5 Å². The number of rotatable bonds is 6. The molecule has 4 rings (SSSR count). The van der Waals surface area contributed by atoms with E-state index in [4.69, 9.17) is 17.3 Å². The topological polar surface area (TPSA) is 38.9 Å². The van der Waals surface area contributed by atoms with Crippen molar-refractivity contribution in [2.75, 3.05) is 6.54 Å². The first kappa shape index (κ1) is 18.3. The van der Waals surface area contributed by atoms with Crippen LogP contribution in [0.15, 0.2) is 48.6 Å². The Morgan fingerprint density at radius 2 is 2.30 bits per heavy atom. The van der Waals surface area contributed by atoms with Crippen molar-refractivity contribution in [2.45, 2.75) is 39.0 Å². The third-order valence-corrected chi connectivity index (χ3v) is 6.49. The van der Waals surface area contributed by atoms with Gasteiger partial charge in [-0.15, -0.1) is 17.9 Å². The van der Waals surface area contributed by atoms with Crippen molar-refractivity contribution in [1.82, 2.24) is 24.2 Å². The summed E-state index contributed by atoms with van der Waals surface area (Å²) in [6.45, 7) is 8.49. The second kappa shape index (κ2) is 7.88. The Labute approximate surface area is 168 Å². The molecule has 140 valence electrons. The monoisotopic (exact) mass is 397 g/mol. The Kier molecular flexibility index (Phi) is 5.33. The maximum Gasteiger partial charge on any atom is 0.199 e. The lowest BCUT2D eigenvalue weighted by Crippen LogP contribution is -2.36. The minimum atomic E-state index is 0.424. The largest absolute Gasteiger partial charge is 0.296 e. The first-order chi connectivity index (χ1) is 13.2. The molecule has 0 aliphatic carbocycles. The number of fused-ring (bicyclic) bond motifs is 1. The average molecular weight is 398 g/mol. The Morgan fingerprint density at radius 3 is 3.04 bits per heavy atom. The Morgan fingerprint density at radius 1 is 1.41 bits per heavy atom. The van der Waals surface area contributed by atoms with Gasteiger partial charge in [0.15, 0.2) is 10.6 Å². The van der Waals surface area contributed by atoms with Crippen LogP contribution in [-0.4, -0.2) is 30.8 Å². The van der Waals surface area contributed by atoms with E-state index in [2.05, 4.69) is 34.8 Å². The number of aromatic nitrogens is 4. The number of allylic oxidation sites excluding steroid dienone is 1. The van der Waals surface area contributed by atoms with Crippen molar-refractivity contribution < 1.29 is 0 Å². The van der Waals surface area contributed by atoms with E-state index in [0.29, 0.717) is 19.3 Å². The van der Waals surface area contributed by atoms with E-state index in [9.17, 15) is 0 Å². The van der Waals surface area contributed by atoms with Crippen LogP contribution in [0.5, 0.6) is 0 Å². The average Bonchev–Trinajstić information content (AvgIpc) is 3.29. The SMILES string of the molecule is C=CCn1c(-c2cccnc2)nn(CN2CCc3sccc3[C@H]2CC)c1=S. The zero-order valence-electron chi connectivity index (χ0n) is 15.4. The van der Waals surface area contributed by atoms with Gasteiger partial charge < -0.3 is 0 Å². The third-order valence-electron chi connectivity index (χ3n) is 5.06. The van der Waals surface area contributed by atoms with Crippen LogP contribution >= 0.6 is 23.6 Å². The van der Waals surface area contributed by atoms with Crippen molar-refractivity contribution in [2.24, 2.45) is 0 Å². The van der Waals surface area contributed by atoms with Gasteiger partial charge in [-0.3, -0.25) is 14.5 Å². The minimum absolute atomic E-state index is 0.424. The van der Waals surface area contributed by atoms with Crippen LogP contribution in [0.1, 0.15) is 29.8 Å². The van der Waals surface area contributed by atoms with Crippen LogP contribution in [0, 0.1) is 4.77 Å². The van der Waals surface area contributed by atoms with Gasteiger partial charge >= 0.3 is 0 Å². The predicted octanol–water partition coefficient (Wildman–Crippen LogP) is 4.69. The normalized spacial score (nSPS) is 17.0. The third kappa shape index (κ3) is 3.42. The minimum Gasteiger partial charge on any atom is -0.296 e. The molecule has 0 amide bonds. The first-order valence-corrected chi connectivity index (χ1v) is 10.5. The smallest absolute Gasteiger partial charge is 0.199 e. The number of nitrogens with zero attached hydrogens (tertiary/aromatic N) is 5. The molecule has 1 aliphatic heterocycles. The maximum absolute atomic E-state index is 5.75. The van der Waals surface area contributed by atoms with Gasteiger partial charge in [-0.2, -0.15) is 5.10 Å². The number of pyridine rings is 1. The summed E-state index contributed by atoms with van der Waals surface area (Å²) in [7, 11) is 0. The highest BCUT2D eigenvalue weighted by atomic mass is 32.1. The fourth-order valence-corrected chi connectivity index (χ4v) is 4.99. The van der Waals surface area contributed by atoms with Gasteiger partial charge in [0.2, 0.25) is 0 Å². The predicted molar refractivity (Wildman–Crippen MR) is 112 cm³/mol. The van der Waals surface area contributed by atoms with E-state index in [-0.39, 0.29) is 0 Å². The molecule has 0 radical (unpaired) electrons. The van der Waals surface area contributed by atoms with Crippen molar-refractivity contribution in [3.05, 3.63) is 63.8 Å². The quantitative estimate of drug-likeness (QED) is 0.447. The highest BCUT2D eigenvalue weighted by Gasteiger charge is 2.27. The molecule has 5 nitrogen and oxygen atoms in total. The highest BCUT2D eigenvalue weighted by molar-refractivity contribution is 7.71. The summed E-state index contributed by atoms with van der Waals surface area (Å²) in [6.07, 6.45) is 7.63. The number of thiophene rings is 1. The van der Waals surface area contributed by atoms with Crippen molar-refractivity contribution in [1.29, 1.82) is 0 Å². The van der Waals surface area contributed by atoms with Gasteiger partial charge in [-0.1, -0.05) is 13.0 Å². The van der Waals surface area contributed by atoms with E-state index >= 15 is 0 Å². The zero-order chi connectivity index (χ0) is 18.8. The molecule has 4 heterocycles. The van der Waals surface area contributed by atoms with Crippen LogP contribution < -0.4 is 0 Å². The first-order valence-electron chi connectivity index (χ1n) is 9.22. The fourth-order valence-electron chi connectivity index (χ4n) is 3.80. The number of hydrogen-bond donors (Lipinski definition) is 0. The maximum atomic E-state index is 5.75.